The van der Waals surface area contributed by atoms with Gasteiger partial charge in [0.25, 0.3) is 0 Å². The van der Waals surface area contributed by atoms with Crippen molar-refractivity contribution in [2.24, 2.45) is 0 Å². The largest absolute Gasteiger partial charge is 0.422 e. The molecule has 1 N–H and O–H groups in total. The lowest BCUT2D eigenvalue weighted by molar-refractivity contribution is -0.114. The molecule has 3 rings (SSSR count). The monoisotopic (exact) mass is 380 g/mol. The van der Waals surface area contributed by atoms with Crippen molar-refractivity contribution in [1.29, 1.82) is 0 Å². The quantitative estimate of drug-likeness (QED) is 0.507. The number of benzene rings is 2. The SMILES string of the molecule is CCc1ccc(-c2nc(C)c(C(=O)Oc3ccc(NC(C)=O)cc3)s2)cc1. The number of thiazole rings is 1. The van der Waals surface area contributed by atoms with E-state index >= 15 is 0 Å². The average molecular weight is 380 g/mol. The summed E-state index contributed by atoms with van der Waals surface area (Å²) in [5.41, 5.74) is 3.54. The molecule has 0 spiro atoms. The highest BCUT2D eigenvalue weighted by Gasteiger charge is 2.18. The molecule has 1 aromatic heterocycles. The summed E-state index contributed by atoms with van der Waals surface area (Å²) in [7, 11) is 0. The molecular weight excluding hydrogens is 360 g/mol. The molecule has 0 saturated carbocycles. The molecule has 0 aliphatic carbocycles. The zero-order valence-corrected chi connectivity index (χ0v) is 16.2. The van der Waals surface area contributed by atoms with E-state index in [1.54, 1.807) is 31.2 Å². The van der Waals surface area contributed by atoms with E-state index in [4.69, 9.17) is 4.74 Å². The van der Waals surface area contributed by atoms with Gasteiger partial charge in [0.2, 0.25) is 5.91 Å². The van der Waals surface area contributed by atoms with Crippen LogP contribution in [0.3, 0.4) is 0 Å². The standard InChI is InChI=1S/C21H20N2O3S/c1-4-15-5-7-16(8-6-15)20-22-13(2)19(27-20)21(25)26-18-11-9-17(10-12-18)23-14(3)24/h5-12H,4H2,1-3H3,(H,23,24). The van der Waals surface area contributed by atoms with Gasteiger partial charge in [0, 0.05) is 18.2 Å². The molecule has 1 amide bonds. The first-order chi connectivity index (χ1) is 13.0. The van der Waals surface area contributed by atoms with Gasteiger partial charge >= 0.3 is 5.97 Å². The van der Waals surface area contributed by atoms with Gasteiger partial charge in [-0.1, -0.05) is 31.2 Å². The second kappa shape index (κ2) is 8.14. The Bertz CT molecular complexity index is 960. The van der Waals surface area contributed by atoms with Crippen LogP contribution in [0.4, 0.5) is 5.69 Å². The number of carbonyl (C=O) groups is 2. The number of aryl methyl sites for hydroxylation is 2. The van der Waals surface area contributed by atoms with Crippen molar-refractivity contribution in [2.75, 3.05) is 5.32 Å². The number of carbonyl (C=O) groups excluding carboxylic acids is 2. The lowest BCUT2D eigenvalue weighted by Crippen LogP contribution is -2.08. The van der Waals surface area contributed by atoms with E-state index in [1.807, 2.05) is 12.1 Å². The first-order valence-electron chi connectivity index (χ1n) is 8.63. The smallest absolute Gasteiger partial charge is 0.355 e. The van der Waals surface area contributed by atoms with E-state index in [1.165, 1.54) is 23.8 Å². The number of nitrogens with one attached hydrogen (secondary N) is 1. The molecule has 5 nitrogen and oxygen atoms in total. The van der Waals surface area contributed by atoms with Crippen molar-refractivity contribution < 1.29 is 14.3 Å². The summed E-state index contributed by atoms with van der Waals surface area (Å²) in [5, 5.41) is 3.46. The summed E-state index contributed by atoms with van der Waals surface area (Å²) in [6, 6.07) is 14.8. The minimum Gasteiger partial charge on any atom is -0.422 e. The average Bonchev–Trinajstić information content (AvgIpc) is 3.05. The minimum atomic E-state index is -0.436. The van der Waals surface area contributed by atoms with Crippen LogP contribution in [-0.2, 0) is 11.2 Å². The molecule has 138 valence electrons. The summed E-state index contributed by atoms with van der Waals surface area (Å²) in [6.45, 7) is 5.35. The molecule has 27 heavy (non-hydrogen) atoms. The summed E-state index contributed by atoms with van der Waals surface area (Å²) < 4.78 is 5.45. The topological polar surface area (TPSA) is 68.3 Å². The molecule has 0 fully saturated rings. The molecule has 0 bridgehead atoms. The maximum absolute atomic E-state index is 12.5. The van der Waals surface area contributed by atoms with Crippen LogP contribution in [0.15, 0.2) is 48.5 Å². The predicted octanol–water partition coefficient (Wildman–Crippen LogP) is 4.86. The number of rotatable bonds is 5. The van der Waals surface area contributed by atoms with Gasteiger partial charge < -0.3 is 10.1 Å². The second-order valence-electron chi connectivity index (χ2n) is 6.08. The van der Waals surface area contributed by atoms with E-state index < -0.39 is 5.97 Å². The summed E-state index contributed by atoms with van der Waals surface area (Å²) >= 11 is 1.32. The first-order valence-corrected chi connectivity index (χ1v) is 9.44. The molecule has 0 saturated heterocycles. The maximum Gasteiger partial charge on any atom is 0.355 e. The Morgan fingerprint density at radius 2 is 1.74 bits per heavy atom. The van der Waals surface area contributed by atoms with E-state index in [-0.39, 0.29) is 5.91 Å². The molecule has 3 aromatic rings. The van der Waals surface area contributed by atoms with Crippen molar-refractivity contribution in [1.82, 2.24) is 4.98 Å². The number of amides is 1. The minimum absolute atomic E-state index is 0.153. The Labute approximate surface area is 162 Å². The van der Waals surface area contributed by atoms with Crippen molar-refractivity contribution >= 4 is 28.9 Å². The van der Waals surface area contributed by atoms with Crippen LogP contribution < -0.4 is 10.1 Å². The van der Waals surface area contributed by atoms with Crippen molar-refractivity contribution in [3.8, 4) is 16.3 Å². The number of hydrogen-bond donors (Lipinski definition) is 1. The van der Waals surface area contributed by atoms with Crippen LogP contribution in [-0.4, -0.2) is 16.9 Å². The first kappa shape index (κ1) is 18.8. The number of nitrogens with zero attached hydrogens (tertiary/aromatic N) is 1. The highest BCUT2D eigenvalue weighted by atomic mass is 32.1. The molecule has 2 aromatic carbocycles. The van der Waals surface area contributed by atoms with Gasteiger partial charge in [-0.2, -0.15) is 0 Å². The van der Waals surface area contributed by atoms with Crippen LogP contribution in [0.1, 0.15) is 34.8 Å². The Morgan fingerprint density at radius 3 is 2.33 bits per heavy atom. The lowest BCUT2D eigenvalue weighted by Gasteiger charge is -2.05. The summed E-state index contributed by atoms with van der Waals surface area (Å²) in [6.07, 6.45) is 0.982. The molecule has 6 heteroatoms. The molecule has 1 heterocycles. The van der Waals surface area contributed by atoms with E-state index in [2.05, 4.69) is 29.4 Å². The summed E-state index contributed by atoms with van der Waals surface area (Å²) in [4.78, 5) is 28.6. The molecule has 0 unspecified atom stereocenters. The zero-order chi connectivity index (χ0) is 19.4. The second-order valence-corrected chi connectivity index (χ2v) is 7.08. The van der Waals surface area contributed by atoms with Gasteiger partial charge in [0.05, 0.1) is 5.69 Å². The predicted molar refractivity (Wildman–Crippen MR) is 107 cm³/mol. The number of anilines is 1. The highest BCUT2D eigenvalue weighted by Crippen LogP contribution is 2.29. The highest BCUT2D eigenvalue weighted by molar-refractivity contribution is 7.17. The fourth-order valence-electron chi connectivity index (χ4n) is 2.56. The number of hydrogen-bond acceptors (Lipinski definition) is 5. The maximum atomic E-state index is 12.5. The molecule has 0 aliphatic heterocycles. The van der Waals surface area contributed by atoms with Gasteiger partial charge in [-0.25, -0.2) is 9.78 Å². The van der Waals surface area contributed by atoms with Crippen molar-refractivity contribution in [3.05, 3.63) is 64.7 Å². The molecule has 0 radical (unpaired) electrons. The van der Waals surface area contributed by atoms with Gasteiger partial charge in [0.1, 0.15) is 15.6 Å². The molecular formula is C21H20N2O3S. The van der Waals surface area contributed by atoms with Crippen LogP contribution in [0, 0.1) is 6.92 Å². The third-order valence-electron chi connectivity index (χ3n) is 3.98. The van der Waals surface area contributed by atoms with Gasteiger partial charge in [-0.05, 0) is 43.2 Å². The van der Waals surface area contributed by atoms with Crippen LogP contribution in [0.5, 0.6) is 5.75 Å². The molecule has 0 aliphatic rings. The van der Waals surface area contributed by atoms with Crippen molar-refractivity contribution in [2.45, 2.75) is 27.2 Å². The lowest BCUT2D eigenvalue weighted by atomic mass is 10.1. The normalized spacial score (nSPS) is 10.5. The van der Waals surface area contributed by atoms with Gasteiger partial charge in [0.15, 0.2) is 0 Å². The Morgan fingerprint density at radius 1 is 1.07 bits per heavy atom. The van der Waals surface area contributed by atoms with Gasteiger partial charge in [-0.15, -0.1) is 11.3 Å². The van der Waals surface area contributed by atoms with Crippen molar-refractivity contribution in [3.63, 3.8) is 0 Å². The number of esters is 1. The fourth-order valence-corrected chi connectivity index (χ4v) is 3.50. The van der Waals surface area contributed by atoms with E-state index in [0.717, 1.165) is 17.0 Å². The Hall–Kier alpha value is -2.99. The van der Waals surface area contributed by atoms with Crippen LogP contribution >= 0.6 is 11.3 Å². The third kappa shape index (κ3) is 4.60. The third-order valence-corrected chi connectivity index (χ3v) is 5.16. The Kier molecular flexibility index (Phi) is 5.66. The van der Waals surface area contributed by atoms with E-state index in [9.17, 15) is 9.59 Å². The summed E-state index contributed by atoms with van der Waals surface area (Å²) in [5.74, 6) is -0.177. The van der Waals surface area contributed by atoms with Crippen LogP contribution in [0.2, 0.25) is 0 Å². The van der Waals surface area contributed by atoms with Crippen LogP contribution in [0.25, 0.3) is 10.6 Å². The molecule has 0 atom stereocenters. The fraction of sp³-hybridized carbons (Fsp3) is 0.190. The number of aromatic nitrogens is 1. The number of ether oxygens (including phenoxy) is 1. The zero-order valence-electron chi connectivity index (χ0n) is 15.4. The Balaban J connectivity index is 1.75. The van der Waals surface area contributed by atoms with E-state index in [0.29, 0.717) is 22.0 Å². The van der Waals surface area contributed by atoms with Gasteiger partial charge in [-0.3, -0.25) is 4.79 Å².